The van der Waals surface area contributed by atoms with Crippen LogP contribution in [0, 0.1) is 0 Å². The van der Waals surface area contributed by atoms with Gasteiger partial charge in [0.05, 0.1) is 6.20 Å². The van der Waals surface area contributed by atoms with Crippen LogP contribution >= 0.6 is 0 Å². The summed E-state index contributed by atoms with van der Waals surface area (Å²) in [7, 11) is 1.92. The summed E-state index contributed by atoms with van der Waals surface area (Å²) < 4.78 is 1.80. The first kappa shape index (κ1) is 13.4. The van der Waals surface area contributed by atoms with Gasteiger partial charge in [-0.3, -0.25) is 4.68 Å². The second-order valence-corrected chi connectivity index (χ2v) is 5.93. The monoisotopic (exact) mass is 293 g/mol. The molecule has 0 bridgehead atoms. The average Bonchev–Trinajstić information content (AvgIpc) is 3.01. The van der Waals surface area contributed by atoms with Gasteiger partial charge in [-0.15, -0.1) is 0 Å². The van der Waals surface area contributed by atoms with Crippen molar-refractivity contribution < 1.29 is 0 Å². The predicted octanol–water partition coefficient (Wildman–Crippen LogP) is 2.50. The molecule has 1 N–H and O–H groups in total. The summed E-state index contributed by atoms with van der Waals surface area (Å²) in [6, 6.07) is 6.44. The van der Waals surface area contributed by atoms with Crippen molar-refractivity contribution in [2.45, 2.75) is 18.8 Å². The van der Waals surface area contributed by atoms with Crippen molar-refractivity contribution in [1.82, 2.24) is 25.1 Å². The van der Waals surface area contributed by atoms with Crippen molar-refractivity contribution in [2.24, 2.45) is 7.05 Å². The van der Waals surface area contributed by atoms with E-state index in [0.29, 0.717) is 5.92 Å². The normalized spacial score (nSPS) is 16.2. The summed E-state index contributed by atoms with van der Waals surface area (Å²) in [6.07, 6.45) is 8.07. The van der Waals surface area contributed by atoms with Gasteiger partial charge in [0.1, 0.15) is 0 Å². The number of hydrogen-bond donors (Lipinski definition) is 1. The number of aromatic nitrogens is 4. The molecule has 22 heavy (non-hydrogen) atoms. The van der Waals surface area contributed by atoms with Gasteiger partial charge in [0, 0.05) is 47.6 Å². The summed E-state index contributed by atoms with van der Waals surface area (Å²) in [5, 5.41) is 8.70. The van der Waals surface area contributed by atoms with Gasteiger partial charge in [0.25, 0.3) is 0 Å². The number of pyridine rings is 2. The van der Waals surface area contributed by atoms with E-state index in [1.54, 1.807) is 4.68 Å². The summed E-state index contributed by atoms with van der Waals surface area (Å²) in [5.74, 6) is 0.561. The fourth-order valence-electron chi connectivity index (χ4n) is 3.10. The summed E-state index contributed by atoms with van der Waals surface area (Å²) >= 11 is 0. The largest absolute Gasteiger partial charge is 0.317 e. The molecule has 5 nitrogen and oxygen atoms in total. The van der Waals surface area contributed by atoms with Crippen LogP contribution in [0.4, 0.5) is 0 Å². The van der Waals surface area contributed by atoms with E-state index in [1.807, 2.05) is 25.6 Å². The third kappa shape index (κ3) is 2.48. The van der Waals surface area contributed by atoms with E-state index in [9.17, 15) is 0 Å². The molecule has 0 aromatic carbocycles. The summed E-state index contributed by atoms with van der Waals surface area (Å²) in [5.41, 5.74) is 4.18. The van der Waals surface area contributed by atoms with E-state index in [-0.39, 0.29) is 0 Å². The Balaban J connectivity index is 1.69. The highest BCUT2D eigenvalue weighted by Crippen LogP contribution is 2.26. The van der Waals surface area contributed by atoms with E-state index in [1.165, 1.54) is 5.69 Å². The van der Waals surface area contributed by atoms with E-state index in [2.05, 4.69) is 33.6 Å². The molecule has 0 aliphatic carbocycles. The molecule has 1 aliphatic heterocycles. The Morgan fingerprint density at radius 2 is 2.00 bits per heavy atom. The predicted molar refractivity (Wildman–Crippen MR) is 86.6 cm³/mol. The minimum absolute atomic E-state index is 0.561. The lowest BCUT2D eigenvalue weighted by Crippen LogP contribution is -2.27. The van der Waals surface area contributed by atoms with Crippen LogP contribution in [0.3, 0.4) is 0 Å². The van der Waals surface area contributed by atoms with E-state index < -0.39 is 0 Å². The van der Waals surface area contributed by atoms with Gasteiger partial charge in [0.2, 0.25) is 0 Å². The number of aryl methyl sites for hydroxylation is 1. The van der Waals surface area contributed by atoms with E-state index in [4.69, 9.17) is 4.98 Å². The third-order valence-corrected chi connectivity index (χ3v) is 4.36. The van der Waals surface area contributed by atoms with Crippen LogP contribution in [0.15, 0.2) is 36.8 Å². The first-order valence-electron chi connectivity index (χ1n) is 7.76. The fraction of sp³-hybridized carbons (Fsp3) is 0.353. The molecule has 1 saturated heterocycles. The zero-order valence-corrected chi connectivity index (χ0v) is 12.7. The molecule has 0 amide bonds. The first-order valence-corrected chi connectivity index (χ1v) is 7.76. The average molecular weight is 293 g/mol. The van der Waals surface area contributed by atoms with E-state index in [0.717, 1.165) is 48.1 Å². The number of rotatable bonds is 2. The molecule has 3 aromatic rings. The van der Waals surface area contributed by atoms with Crippen molar-refractivity contribution in [3.05, 3.63) is 42.5 Å². The van der Waals surface area contributed by atoms with Crippen LogP contribution < -0.4 is 5.32 Å². The summed E-state index contributed by atoms with van der Waals surface area (Å²) in [4.78, 5) is 9.34. The highest BCUT2D eigenvalue weighted by Gasteiger charge is 2.17. The van der Waals surface area contributed by atoms with Crippen molar-refractivity contribution in [1.29, 1.82) is 0 Å². The number of hydrogen-bond acceptors (Lipinski definition) is 4. The van der Waals surface area contributed by atoms with Crippen molar-refractivity contribution in [2.75, 3.05) is 13.1 Å². The van der Waals surface area contributed by atoms with Gasteiger partial charge in [0.15, 0.2) is 5.65 Å². The highest BCUT2D eigenvalue weighted by molar-refractivity contribution is 5.80. The van der Waals surface area contributed by atoms with Gasteiger partial charge in [-0.05, 0) is 44.1 Å². The Kier molecular flexibility index (Phi) is 3.35. The van der Waals surface area contributed by atoms with Crippen LogP contribution in [0.5, 0.6) is 0 Å². The third-order valence-electron chi connectivity index (χ3n) is 4.36. The SMILES string of the molecule is Cn1cc(-c2cnc3nc(C4CCNCC4)ccc3c2)cn1. The molecule has 5 heteroatoms. The molecular weight excluding hydrogens is 274 g/mol. The maximum atomic E-state index is 4.78. The fourth-order valence-corrected chi connectivity index (χ4v) is 3.10. The Hall–Kier alpha value is -2.27. The van der Waals surface area contributed by atoms with Crippen molar-refractivity contribution >= 4 is 11.0 Å². The molecule has 112 valence electrons. The molecule has 0 atom stereocenters. The minimum atomic E-state index is 0.561. The Morgan fingerprint density at radius 3 is 2.77 bits per heavy atom. The van der Waals surface area contributed by atoms with Gasteiger partial charge in [-0.25, -0.2) is 9.97 Å². The van der Waals surface area contributed by atoms with Gasteiger partial charge < -0.3 is 5.32 Å². The molecule has 0 radical (unpaired) electrons. The van der Waals surface area contributed by atoms with Crippen LogP contribution in [0.1, 0.15) is 24.5 Å². The Morgan fingerprint density at radius 1 is 1.14 bits per heavy atom. The zero-order chi connectivity index (χ0) is 14.9. The van der Waals surface area contributed by atoms with Crippen LogP contribution in [-0.4, -0.2) is 32.8 Å². The van der Waals surface area contributed by atoms with Crippen molar-refractivity contribution in [3.8, 4) is 11.1 Å². The topological polar surface area (TPSA) is 55.6 Å². The second kappa shape index (κ2) is 5.50. The van der Waals surface area contributed by atoms with E-state index >= 15 is 0 Å². The highest BCUT2D eigenvalue weighted by atomic mass is 15.2. The van der Waals surface area contributed by atoms with Crippen molar-refractivity contribution in [3.63, 3.8) is 0 Å². The number of fused-ring (bicyclic) bond motifs is 1. The quantitative estimate of drug-likeness (QED) is 0.788. The van der Waals surface area contributed by atoms with Gasteiger partial charge >= 0.3 is 0 Å². The van der Waals surface area contributed by atoms with Crippen LogP contribution in [0.2, 0.25) is 0 Å². The smallest absolute Gasteiger partial charge is 0.159 e. The Labute approximate surface area is 129 Å². The number of nitrogens with zero attached hydrogens (tertiary/aromatic N) is 4. The number of piperidine rings is 1. The lowest BCUT2D eigenvalue weighted by Gasteiger charge is -2.22. The van der Waals surface area contributed by atoms with Gasteiger partial charge in [-0.2, -0.15) is 5.10 Å². The summed E-state index contributed by atoms with van der Waals surface area (Å²) in [6.45, 7) is 2.16. The van der Waals surface area contributed by atoms with Crippen LogP contribution in [0.25, 0.3) is 22.2 Å². The maximum absolute atomic E-state index is 4.78. The molecule has 4 rings (SSSR count). The zero-order valence-electron chi connectivity index (χ0n) is 12.7. The lowest BCUT2D eigenvalue weighted by atomic mass is 9.94. The Bertz CT molecular complexity index is 802. The first-order chi connectivity index (χ1) is 10.8. The molecule has 0 saturated carbocycles. The number of nitrogens with one attached hydrogen (secondary N) is 1. The molecule has 1 aliphatic rings. The van der Waals surface area contributed by atoms with Gasteiger partial charge in [-0.1, -0.05) is 0 Å². The minimum Gasteiger partial charge on any atom is -0.317 e. The molecule has 4 heterocycles. The molecule has 3 aromatic heterocycles. The standard InChI is InChI=1S/C17H19N5/c1-22-11-15(10-20-22)14-8-13-2-3-16(21-17(13)19-9-14)12-4-6-18-7-5-12/h2-3,8-12,18H,4-7H2,1H3. The maximum Gasteiger partial charge on any atom is 0.159 e. The van der Waals surface area contributed by atoms with Crippen LogP contribution in [-0.2, 0) is 7.05 Å². The second-order valence-electron chi connectivity index (χ2n) is 5.93. The molecule has 0 spiro atoms. The molecule has 1 fully saturated rings. The molecule has 0 unspecified atom stereocenters. The molecular formula is C17H19N5. The lowest BCUT2D eigenvalue weighted by molar-refractivity contribution is 0.454.